The highest BCUT2D eigenvalue weighted by Gasteiger charge is 2.34. The van der Waals surface area contributed by atoms with E-state index in [1.165, 1.54) is 30.6 Å². The lowest BCUT2D eigenvalue weighted by atomic mass is 10.1. The molecule has 12 nitrogen and oxygen atoms in total. The molecule has 0 aromatic carbocycles. The standard InChI is InChI=1S/C25H23N7O5/c1-14-13-31(7-8-32(14)24(35)16-5-3-4-6-26-16)25(36)23(34)15-9-29-22-20(15)18(37-2)11-30-21(22)17-10-28-19(33)12-27-17/h3-6,9-12,14,29H,7-8,13H2,1-2H3,(H,28,33). The topological polar surface area (TPSA) is 154 Å². The summed E-state index contributed by atoms with van der Waals surface area (Å²) in [4.78, 5) is 72.1. The summed E-state index contributed by atoms with van der Waals surface area (Å²) in [7, 11) is 1.44. The average molecular weight is 502 g/mol. The number of fused-ring (bicyclic) bond motifs is 1. The maximum atomic E-state index is 13.4. The summed E-state index contributed by atoms with van der Waals surface area (Å²) in [6, 6.07) is 4.82. The number of Topliss-reactive ketones (excluding diaryl/α,β-unsaturated/α-hetero) is 1. The minimum absolute atomic E-state index is 0.129. The van der Waals surface area contributed by atoms with Crippen LogP contribution in [0.4, 0.5) is 0 Å². The van der Waals surface area contributed by atoms with E-state index in [9.17, 15) is 19.2 Å². The summed E-state index contributed by atoms with van der Waals surface area (Å²) in [5.74, 6) is -1.31. The number of rotatable bonds is 5. The second kappa shape index (κ2) is 9.64. The van der Waals surface area contributed by atoms with E-state index in [1.54, 1.807) is 29.3 Å². The van der Waals surface area contributed by atoms with E-state index in [0.717, 1.165) is 6.20 Å². The number of piperazine rings is 1. The second-order valence-corrected chi connectivity index (χ2v) is 8.57. The Hall–Kier alpha value is -4.87. The van der Waals surface area contributed by atoms with Crippen molar-refractivity contribution in [3.8, 4) is 17.1 Å². The lowest BCUT2D eigenvalue weighted by Gasteiger charge is -2.39. The smallest absolute Gasteiger partial charge is 0.295 e. The van der Waals surface area contributed by atoms with Gasteiger partial charge < -0.3 is 24.5 Å². The zero-order valence-electron chi connectivity index (χ0n) is 20.1. The van der Waals surface area contributed by atoms with Gasteiger partial charge in [-0.2, -0.15) is 0 Å². The minimum Gasteiger partial charge on any atom is -0.494 e. The van der Waals surface area contributed by atoms with Crippen LogP contribution in [0.3, 0.4) is 0 Å². The molecule has 2 amide bonds. The molecule has 1 aliphatic heterocycles. The first-order valence-corrected chi connectivity index (χ1v) is 11.5. The van der Waals surface area contributed by atoms with E-state index in [-0.39, 0.29) is 42.7 Å². The van der Waals surface area contributed by atoms with Gasteiger partial charge in [0.05, 0.1) is 36.0 Å². The molecular weight excluding hydrogens is 478 g/mol. The number of amides is 2. The fraction of sp³-hybridized carbons (Fsp3) is 0.240. The van der Waals surface area contributed by atoms with Crippen LogP contribution in [-0.4, -0.2) is 85.1 Å². The van der Waals surface area contributed by atoms with Gasteiger partial charge in [-0.3, -0.25) is 24.2 Å². The van der Waals surface area contributed by atoms with Crippen LogP contribution in [0.15, 0.2) is 54.0 Å². The number of nitrogens with zero attached hydrogens (tertiary/aromatic N) is 5. The first kappa shape index (κ1) is 23.9. The van der Waals surface area contributed by atoms with Crippen molar-refractivity contribution in [3.05, 3.63) is 70.8 Å². The van der Waals surface area contributed by atoms with Crippen molar-refractivity contribution >= 4 is 28.5 Å². The highest BCUT2D eigenvalue weighted by Crippen LogP contribution is 2.34. The van der Waals surface area contributed by atoms with E-state index in [4.69, 9.17) is 4.74 Å². The Morgan fingerprint density at radius 3 is 2.57 bits per heavy atom. The molecule has 0 saturated carbocycles. The van der Waals surface area contributed by atoms with Gasteiger partial charge in [-0.05, 0) is 19.1 Å². The van der Waals surface area contributed by atoms with Crippen LogP contribution in [0.2, 0.25) is 0 Å². The number of ketones is 1. The van der Waals surface area contributed by atoms with Crippen LogP contribution in [0.1, 0.15) is 27.8 Å². The fourth-order valence-electron chi connectivity index (χ4n) is 4.46. The Morgan fingerprint density at radius 1 is 1.05 bits per heavy atom. The second-order valence-electron chi connectivity index (χ2n) is 8.57. The number of hydrogen-bond acceptors (Lipinski definition) is 8. The van der Waals surface area contributed by atoms with Crippen molar-refractivity contribution < 1.29 is 19.1 Å². The normalized spacial score (nSPS) is 15.6. The molecule has 4 aromatic heterocycles. The molecule has 188 valence electrons. The lowest BCUT2D eigenvalue weighted by Crippen LogP contribution is -2.56. The van der Waals surface area contributed by atoms with Gasteiger partial charge in [0.2, 0.25) is 0 Å². The largest absolute Gasteiger partial charge is 0.494 e. The predicted octanol–water partition coefficient (Wildman–Crippen LogP) is 1.27. The molecule has 0 spiro atoms. The molecule has 12 heteroatoms. The summed E-state index contributed by atoms with van der Waals surface area (Å²) in [5, 5.41) is 0.385. The number of aromatic nitrogens is 5. The Bertz CT molecular complexity index is 1540. The highest BCUT2D eigenvalue weighted by atomic mass is 16.5. The lowest BCUT2D eigenvalue weighted by molar-refractivity contribution is -0.128. The Balaban J connectivity index is 1.40. The summed E-state index contributed by atoms with van der Waals surface area (Å²) < 4.78 is 5.42. The molecule has 5 rings (SSSR count). The third-order valence-corrected chi connectivity index (χ3v) is 6.31. The van der Waals surface area contributed by atoms with E-state index in [2.05, 4.69) is 24.9 Å². The first-order chi connectivity index (χ1) is 17.9. The van der Waals surface area contributed by atoms with Gasteiger partial charge in [0.1, 0.15) is 22.8 Å². The summed E-state index contributed by atoms with van der Waals surface area (Å²) >= 11 is 0. The van der Waals surface area contributed by atoms with Crippen molar-refractivity contribution in [2.24, 2.45) is 0 Å². The van der Waals surface area contributed by atoms with Gasteiger partial charge in [0, 0.05) is 44.3 Å². The molecule has 0 aliphatic carbocycles. The number of methoxy groups -OCH3 is 1. The number of carbonyl (C=O) groups is 3. The predicted molar refractivity (Wildman–Crippen MR) is 132 cm³/mol. The molecule has 5 heterocycles. The van der Waals surface area contributed by atoms with Gasteiger partial charge in [-0.15, -0.1) is 0 Å². The number of pyridine rings is 2. The zero-order chi connectivity index (χ0) is 26.1. The monoisotopic (exact) mass is 501 g/mol. The van der Waals surface area contributed by atoms with Crippen molar-refractivity contribution in [1.82, 2.24) is 34.7 Å². The molecule has 1 saturated heterocycles. The highest BCUT2D eigenvalue weighted by molar-refractivity contribution is 6.45. The Morgan fingerprint density at radius 2 is 1.89 bits per heavy atom. The van der Waals surface area contributed by atoms with Gasteiger partial charge in [0.25, 0.3) is 23.2 Å². The molecule has 2 N–H and O–H groups in total. The van der Waals surface area contributed by atoms with Gasteiger partial charge in [-0.25, -0.2) is 9.97 Å². The molecule has 1 atom stereocenters. The minimum atomic E-state index is -0.715. The number of aromatic amines is 2. The number of nitrogens with one attached hydrogen (secondary N) is 2. The molecule has 1 fully saturated rings. The van der Waals surface area contributed by atoms with Crippen LogP contribution in [0.5, 0.6) is 5.75 Å². The summed E-state index contributed by atoms with van der Waals surface area (Å²) in [6.45, 7) is 2.52. The van der Waals surface area contributed by atoms with Crippen LogP contribution in [0, 0.1) is 0 Å². The molecule has 0 bridgehead atoms. The molecule has 37 heavy (non-hydrogen) atoms. The molecule has 1 aliphatic rings. The Kier molecular flexibility index (Phi) is 6.22. The van der Waals surface area contributed by atoms with Crippen molar-refractivity contribution in [2.75, 3.05) is 26.7 Å². The number of hydrogen-bond donors (Lipinski definition) is 2. The SMILES string of the molecule is COc1cnc(-c2c[nH]c(=O)cn2)c2[nH]cc(C(=O)C(=O)N3CCN(C(=O)c4ccccn4)C(C)C3)c12. The van der Waals surface area contributed by atoms with E-state index in [0.29, 0.717) is 33.7 Å². The van der Waals surface area contributed by atoms with Gasteiger partial charge in [-0.1, -0.05) is 6.07 Å². The first-order valence-electron chi connectivity index (χ1n) is 11.5. The van der Waals surface area contributed by atoms with Crippen LogP contribution in [0.25, 0.3) is 22.3 Å². The van der Waals surface area contributed by atoms with Gasteiger partial charge in [0.15, 0.2) is 0 Å². The third-order valence-electron chi connectivity index (χ3n) is 6.31. The number of H-pyrrole nitrogens is 2. The van der Waals surface area contributed by atoms with E-state index < -0.39 is 11.7 Å². The third kappa shape index (κ3) is 4.33. The van der Waals surface area contributed by atoms with Gasteiger partial charge >= 0.3 is 0 Å². The Labute approximate surface area is 210 Å². The van der Waals surface area contributed by atoms with Crippen LogP contribution in [-0.2, 0) is 4.79 Å². The van der Waals surface area contributed by atoms with E-state index in [1.807, 2.05) is 6.92 Å². The average Bonchev–Trinajstić information content (AvgIpc) is 3.38. The molecule has 1 unspecified atom stereocenters. The van der Waals surface area contributed by atoms with Crippen LogP contribution < -0.4 is 10.3 Å². The number of carbonyl (C=O) groups excluding carboxylic acids is 3. The summed E-state index contributed by atoms with van der Waals surface area (Å²) in [5.41, 5.74) is 1.30. The van der Waals surface area contributed by atoms with E-state index >= 15 is 0 Å². The quantitative estimate of drug-likeness (QED) is 0.306. The van der Waals surface area contributed by atoms with Crippen molar-refractivity contribution in [3.63, 3.8) is 0 Å². The fourth-order valence-corrected chi connectivity index (χ4v) is 4.46. The van der Waals surface area contributed by atoms with Crippen molar-refractivity contribution in [1.29, 1.82) is 0 Å². The molecule has 4 aromatic rings. The maximum absolute atomic E-state index is 13.4. The van der Waals surface area contributed by atoms with Crippen molar-refractivity contribution in [2.45, 2.75) is 13.0 Å². The summed E-state index contributed by atoms with van der Waals surface area (Å²) in [6.07, 6.45) is 6.97. The number of ether oxygens (including phenoxy) is 1. The van der Waals surface area contributed by atoms with Crippen LogP contribution >= 0.6 is 0 Å². The molecular formula is C25H23N7O5. The zero-order valence-corrected chi connectivity index (χ0v) is 20.1. The molecule has 0 radical (unpaired) electrons. The maximum Gasteiger partial charge on any atom is 0.295 e.